The van der Waals surface area contributed by atoms with Gasteiger partial charge in [-0.25, -0.2) is 0 Å². The van der Waals surface area contributed by atoms with Crippen molar-refractivity contribution in [1.29, 1.82) is 0 Å². The van der Waals surface area contributed by atoms with Crippen molar-refractivity contribution in [2.75, 3.05) is 7.11 Å². The fraction of sp³-hybridized carbons (Fsp3) is 0.367. The number of rotatable bonds is 5. The van der Waals surface area contributed by atoms with Crippen molar-refractivity contribution in [2.24, 2.45) is 0 Å². The standard InChI is InChI=1S/C30H33N3O2/c1-35-24-17-15-22(16-18-24)27-25-14-8-9-19-32-26(21-10-4-2-5-11-21)20-33(30(25)32)28(27)29(34)31-23-12-6-3-7-13-23/h2,4-5,10-11,15-18,20,23H,3,6-9,12-14,19H2,1H3,(H,31,34). The van der Waals surface area contributed by atoms with E-state index in [1.807, 2.05) is 12.1 Å². The van der Waals surface area contributed by atoms with E-state index < -0.39 is 0 Å². The molecule has 1 saturated carbocycles. The molecule has 0 bridgehead atoms. The van der Waals surface area contributed by atoms with E-state index in [4.69, 9.17) is 4.74 Å². The summed E-state index contributed by atoms with van der Waals surface area (Å²) in [6, 6.07) is 19.0. The van der Waals surface area contributed by atoms with Gasteiger partial charge in [0.1, 0.15) is 17.1 Å². The predicted octanol–water partition coefficient (Wildman–Crippen LogP) is 6.48. The highest BCUT2D eigenvalue weighted by molar-refractivity contribution is 6.03. The van der Waals surface area contributed by atoms with Gasteiger partial charge >= 0.3 is 0 Å². The van der Waals surface area contributed by atoms with E-state index in [0.29, 0.717) is 0 Å². The minimum absolute atomic E-state index is 0.0429. The Kier molecular flexibility index (Phi) is 5.85. The van der Waals surface area contributed by atoms with E-state index in [1.54, 1.807) is 7.11 Å². The third-order valence-electron chi connectivity index (χ3n) is 7.74. The zero-order chi connectivity index (χ0) is 23.8. The van der Waals surface area contributed by atoms with Crippen LogP contribution in [-0.2, 0) is 13.0 Å². The second kappa shape index (κ2) is 9.29. The molecule has 2 aliphatic rings. The summed E-state index contributed by atoms with van der Waals surface area (Å²) in [6.07, 6.45) is 11.2. The third-order valence-corrected chi connectivity index (χ3v) is 7.74. The summed E-state index contributed by atoms with van der Waals surface area (Å²) >= 11 is 0. The van der Waals surface area contributed by atoms with Gasteiger partial charge in [-0.05, 0) is 55.4 Å². The fourth-order valence-electron chi connectivity index (χ4n) is 6.02. The number of nitrogens with zero attached hydrogens (tertiary/aromatic N) is 2. The summed E-state index contributed by atoms with van der Waals surface area (Å²) in [5.74, 6) is 0.869. The molecule has 0 spiro atoms. The van der Waals surface area contributed by atoms with Crippen molar-refractivity contribution in [3.05, 3.63) is 72.1 Å². The molecule has 1 aliphatic heterocycles. The smallest absolute Gasteiger partial charge is 0.269 e. The molecule has 6 rings (SSSR count). The lowest BCUT2D eigenvalue weighted by atomic mass is 9.94. The first-order valence-corrected chi connectivity index (χ1v) is 13.0. The lowest BCUT2D eigenvalue weighted by molar-refractivity contribution is 0.0922. The Morgan fingerprint density at radius 1 is 0.914 bits per heavy atom. The lowest BCUT2D eigenvalue weighted by Gasteiger charge is -2.23. The van der Waals surface area contributed by atoms with Gasteiger partial charge in [-0.2, -0.15) is 0 Å². The zero-order valence-corrected chi connectivity index (χ0v) is 20.4. The van der Waals surface area contributed by atoms with Crippen molar-refractivity contribution < 1.29 is 9.53 Å². The highest BCUT2D eigenvalue weighted by atomic mass is 16.5. The van der Waals surface area contributed by atoms with Gasteiger partial charge in [0.2, 0.25) is 0 Å². The highest BCUT2D eigenvalue weighted by Gasteiger charge is 2.30. The summed E-state index contributed by atoms with van der Waals surface area (Å²) in [5.41, 5.74) is 7.73. The Hall–Kier alpha value is -3.47. The monoisotopic (exact) mass is 467 g/mol. The topological polar surface area (TPSA) is 47.7 Å². The molecule has 2 aromatic heterocycles. The van der Waals surface area contributed by atoms with Gasteiger partial charge in [0.05, 0.1) is 12.8 Å². The summed E-state index contributed by atoms with van der Waals surface area (Å²) in [7, 11) is 1.69. The number of aryl methyl sites for hydroxylation is 2. The number of nitrogens with one attached hydrogen (secondary N) is 1. The van der Waals surface area contributed by atoms with Gasteiger partial charge in [-0.15, -0.1) is 0 Å². The van der Waals surface area contributed by atoms with E-state index in [0.717, 1.165) is 61.2 Å². The Bertz CT molecular complexity index is 1340. The maximum atomic E-state index is 14.0. The van der Waals surface area contributed by atoms with Crippen LogP contribution in [0, 0.1) is 0 Å². The van der Waals surface area contributed by atoms with Crippen LogP contribution in [0.2, 0.25) is 0 Å². The molecule has 3 heterocycles. The van der Waals surface area contributed by atoms with E-state index in [9.17, 15) is 4.79 Å². The molecule has 0 atom stereocenters. The van der Waals surface area contributed by atoms with Crippen molar-refractivity contribution in [1.82, 2.24) is 14.3 Å². The summed E-state index contributed by atoms with van der Waals surface area (Å²) < 4.78 is 10.0. The second-order valence-corrected chi connectivity index (χ2v) is 9.92. The van der Waals surface area contributed by atoms with E-state index >= 15 is 0 Å². The number of ether oxygens (including phenoxy) is 1. The number of imidazole rings is 1. The molecule has 2 aromatic carbocycles. The first-order chi connectivity index (χ1) is 17.2. The van der Waals surface area contributed by atoms with Gasteiger partial charge in [0, 0.05) is 29.9 Å². The molecular formula is C30H33N3O2. The number of aromatic nitrogens is 2. The van der Waals surface area contributed by atoms with E-state index in [-0.39, 0.29) is 11.9 Å². The highest BCUT2D eigenvalue weighted by Crippen LogP contribution is 2.40. The predicted molar refractivity (Wildman–Crippen MR) is 140 cm³/mol. The fourth-order valence-corrected chi connectivity index (χ4v) is 6.02. The number of hydrogen-bond acceptors (Lipinski definition) is 2. The third kappa shape index (κ3) is 3.93. The van der Waals surface area contributed by atoms with Gasteiger partial charge in [-0.1, -0.05) is 61.7 Å². The Labute approximate surface area is 206 Å². The number of carbonyl (C=O) groups is 1. The Balaban J connectivity index is 1.56. The number of amides is 1. The molecule has 0 unspecified atom stereocenters. The van der Waals surface area contributed by atoms with Gasteiger partial charge in [0.15, 0.2) is 0 Å². The molecule has 1 aliphatic carbocycles. The zero-order valence-electron chi connectivity index (χ0n) is 20.4. The van der Waals surface area contributed by atoms with Crippen LogP contribution in [0.15, 0.2) is 60.8 Å². The summed E-state index contributed by atoms with van der Waals surface area (Å²) in [5, 5.41) is 3.41. The molecule has 1 N–H and O–H groups in total. The summed E-state index contributed by atoms with van der Waals surface area (Å²) in [6.45, 7) is 0.962. The molecule has 180 valence electrons. The van der Waals surface area contributed by atoms with Crippen LogP contribution >= 0.6 is 0 Å². The minimum Gasteiger partial charge on any atom is -0.497 e. The summed E-state index contributed by atoms with van der Waals surface area (Å²) in [4.78, 5) is 14.0. The first kappa shape index (κ1) is 22.0. The molecule has 5 heteroatoms. The van der Waals surface area contributed by atoms with E-state index in [1.165, 1.54) is 41.7 Å². The Morgan fingerprint density at radius 3 is 2.43 bits per heavy atom. The van der Waals surface area contributed by atoms with Crippen molar-refractivity contribution in [3.8, 4) is 28.1 Å². The molecule has 5 nitrogen and oxygen atoms in total. The van der Waals surface area contributed by atoms with Gasteiger partial charge < -0.3 is 14.6 Å². The maximum absolute atomic E-state index is 14.0. The normalized spacial score (nSPS) is 16.3. The van der Waals surface area contributed by atoms with E-state index in [2.05, 4.69) is 62.9 Å². The van der Waals surface area contributed by atoms with Crippen LogP contribution in [0.25, 0.3) is 28.0 Å². The van der Waals surface area contributed by atoms with Crippen LogP contribution in [0.1, 0.15) is 61.0 Å². The van der Waals surface area contributed by atoms with Crippen LogP contribution in [0.5, 0.6) is 5.75 Å². The number of benzene rings is 2. The average molecular weight is 468 g/mol. The van der Waals surface area contributed by atoms with Crippen LogP contribution in [0.4, 0.5) is 0 Å². The van der Waals surface area contributed by atoms with Crippen LogP contribution in [-0.4, -0.2) is 28.0 Å². The molecule has 35 heavy (non-hydrogen) atoms. The maximum Gasteiger partial charge on any atom is 0.269 e. The molecule has 1 fully saturated rings. The Morgan fingerprint density at radius 2 is 1.69 bits per heavy atom. The number of methoxy groups -OCH3 is 1. The SMILES string of the molecule is COc1ccc(-c2c3c4n(c(-c5ccccc5)cn4c2C(=O)NC2CCCCC2)CCCC3)cc1. The molecule has 0 radical (unpaired) electrons. The van der Waals surface area contributed by atoms with Gasteiger partial charge in [-0.3, -0.25) is 9.20 Å². The van der Waals surface area contributed by atoms with Gasteiger partial charge in [0.25, 0.3) is 5.91 Å². The second-order valence-electron chi connectivity index (χ2n) is 9.92. The molecular weight excluding hydrogens is 434 g/mol. The quantitative estimate of drug-likeness (QED) is 0.365. The van der Waals surface area contributed by atoms with Crippen molar-refractivity contribution in [2.45, 2.75) is 64.0 Å². The largest absolute Gasteiger partial charge is 0.497 e. The number of hydrogen-bond donors (Lipinski definition) is 1. The molecule has 4 aromatic rings. The minimum atomic E-state index is 0.0429. The van der Waals surface area contributed by atoms with Crippen molar-refractivity contribution >= 4 is 11.6 Å². The van der Waals surface area contributed by atoms with Crippen molar-refractivity contribution in [3.63, 3.8) is 0 Å². The average Bonchev–Trinajstić information content (AvgIpc) is 3.33. The first-order valence-electron chi connectivity index (χ1n) is 13.0. The van der Waals surface area contributed by atoms with Crippen LogP contribution in [0.3, 0.4) is 0 Å². The molecule has 1 amide bonds. The lowest BCUT2D eigenvalue weighted by Crippen LogP contribution is -2.37. The number of carbonyl (C=O) groups excluding carboxylic acids is 1. The van der Waals surface area contributed by atoms with Crippen LogP contribution < -0.4 is 10.1 Å². The molecule has 0 saturated heterocycles.